The summed E-state index contributed by atoms with van der Waals surface area (Å²) in [5.74, 6) is 0. The molecule has 0 N–H and O–H groups in total. The second-order valence-electron chi connectivity index (χ2n) is 5.45. The van der Waals surface area contributed by atoms with Crippen LogP contribution < -0.4 is 0 Å². The van der Waals surface area contributed by atoms with Crippen molar-refractivity contribution in [1.82, 2.24) is 9.80 Å². The lowest BCUT2D eigenvalue weighted by Crippen LogP contribution is -2.62. The Balaban J connectivity index is 1.68. The maximum absolute atomic E-state index is 13.3. The first-order valence-corrected chi connectivity index (χ1v) is 7.02. The largest absolute Gasteiger partial charge is 0.378 e. The molecule has 4 heteroatoms. The van der Waals surface area contributed by atoms with Gasteiger partial charge < -0.3 is 4.74 Å². The van der Waals surface area contributed by atoms with Crippen molar-refractivity contribution in [2.75, 3.05) is 39.5 Å². The molecule has 0 bridgehead atoms. The Morgan fingerprint density at radius 3 is 2.84 bits per heavy atom. The lowest BCUT2D eigenvalue weighted by atomic mass is 10.0. The summed E-state index contributed by atoms with van der Waals surface area (Å²) in [6, 6.07) is 10.8. The minimum Gasteiger partial charge on any atom is -0.378 e. The Morgan fingerprint density at radius 2 is 2.05 bits per heavy atom. The van der Waals surface area contributed by atoms with Crippen molar-refractivity contribution in [2.24, 2.45) is 0 Å². The lowest BCUT2D eigenvalue weighted by Gasteiger charge is -2.47. The molecular weight excluding hydrogens is 243 g/mol. The van der Waals surface area contributed by atoms with Gasteiger partial charge in [-0.1, -0.05) is 30.3 Å². The topological polar surface area (TPSA) is 15.7 Å². The highest BCUT2D eigenvalue weighted by Crippen LogP contribution is 2.20. The molecule has 2 aliphatic rings. The predicted octanol–water partition coefficient (Wildman–Crippen LogP) is 1.54. The Hall–Kier alpha value is -0.970. The Morgan fingerprint density at radius 1 is 1.21 bits per heavy atom. The van der Waals surface area contributed by atoms with Gasteiger partial charge in [-0.05, 0) is 5.56 Å². The van der Waals surface area contributed by atoms with E-state index in [4.69, 9.17) is 4.74 Å². The van der Waals surface area contributed by atoms with Crippen molar-refractivity contribution in [1.29, 1.82) is 0 Å². The van der Waals surface area contributed by atoms with Crippen LogP contribution in [0.4, 0.5) is 4.39 Å². The summed E-state index contributed by atoms with van der Waals surface area (Å²) < 4.78 is 18.8. The van der Waals surface area contributed by atoms with Gasteiger partial charge in [-0.15, -0.1) is 0 Å². The summed E-state index contributed by atoms with van der Waals surface area (Å²) in [4.78, 5) is 4.65. The highest BCUT2D eigenvalue weighted by Gasteiger charge is 2.35. The van der Waals surface area contributed by atoms with Crippen LogP contribution in [0.5, 0.6) is 0 Å². The van der Waals surface area contributed by atoms with Gasteiger partial charge in [0.15, 0.2) is 0 Å². The van der Waals surface area contributed by atoms with Gasteiger partial charge >= 0.3 is 0 Å². The third-order valence-corrected chi connectivity index (χ3v) is 4.16. The maximum atomic E-state index is 13.3. The van der Waals surface area contributed by atoms with E-state index in [1.807, 2.05) is 18.2 Å². The quantitative estimate of drug-likeness (QED) is 0.823. The lowest BCUT2D eigenvalue weighted by molar-refractivity contribution is -0.0692. The molecule has 0 saturated carbocycles. The molecule has 3 rings (SSSR count). The van der Waals surface area contributed by atoms with E-state index in [-0.39, 0.29) is 12.7 Å². The third-order valence-electron chi connectivity index (χ3n) is 4.16. The number of benzene rings is 1. The fourth-order valence-electron chi connectivity index (χ4n) is 3.06. The van der Waals surface area contributed by atoms with E-state index in [0.717, 1.165) is 39.4 Å². The molecule has 2 aliphatic heterocycles. The number of rotatable bonds is 3. The fourth-order valence-corrected chi connectivity index (χ4v) is 3.06. The molecule has 0 radical (unpaired) electrons. The molecule has 2 atom stereocenters. The first kappa shape index (κ1) is 13.0. The average Bonchev–Trinajstić information content (AvgIpc) is 2.47. The van der Waals surface area contributed by atoms with Crippen LogP contribution in [0.2, 0.25) is 0 Å². The van der Waals surface area contributed by atoms with Crippen LogP contribution in [0.15, 0.2) is 30.3 Å². The van der Waals surface area contributed by atoms with E-state index in [0.29, 0.717) is 6.04 Å². The summed E-state index contributed by atoms with van der Waals surface area (Å²) >= 11 is 0. The van der Waals surface area contributed by atoms with E-state index in [1.54, 1.807) is 0 Å². The predicted molar refractivity (Wildman–Crippen MR) is 72.8 cm³/mol. The second kappa shape index (κ2) is 5.99. The number of morpholine rings is 1. The van der Waals surface area contributed by atoms with Crippen LogP contribution in [-0.2, 0) is 11.3 Å². The van der Waals surface area contributed by atoms with Gasteiger partial charge in [-0.2, -0.15) is 0 Å². The highest BCUT2D eigenvalue weighted by atomic mass is 19.1. The fraction of sp³-hybridized carbons (Fsp3) is 0.600. The van der Waals surface area contributed by atoms with E-state index < -0.39 is 0 Å². The van der Waals surface area contributed by atoms with Gasteiger partial charge in [-0.3, -0.25) is 9.80 Å². The van der Waals surface area contributed by atoms with Crippen LogP contribution in [0.25, 0.3) is 0 Å². The van der Waals surface area contributed by atoms with Crippen LogP contribution in [0.1, 0.15) is 5.56 Å². The maximum Gasteiger partial charge on any atom is 0.106 e. The van der Waals surface area contributed by atoms with E-state index in [9.17, 15) is 4.39 Å². The zero-order valence-corrected chi connectivity index (χ0v) is 11.2. The molecule has 0 spiro atoms. The molecule has 104 valence electrons. The summed E-state index contributed by atoms with van der Waals surface area (Å²) in [6.45, 7) is 4.82. The van der Waals surface area contributed by atoms with Crippen LogP contribution in [-0.4, -0.2) is 61.4 Å². The Kier molecular flexibility index (Phi) is 4.11. The third kappa shape index (κ3) is 2.96. The van der Waals surface area contributed by atoms with E-state index >= 15 is 0 Å². The molecule has 2 heterocycles. The van der Waals surface area contributed by atoms with Crippen molar-refractivity contribution in [3.05, 3.63) is 35.9 Å². The number of nitrogens with zero attached hydrogens (tertiary/aromatic N) is 2. The molecule has 1 unspecified atom stereocenters. The highest BCUT2D eigenvalue weighted by molar-refractivity contribution is 5.15. The molecular formula is C15H21FN2O. The number of fused-ring (bicyclic) bond motifs is 1. The second-order valence-corrected chi connectivity index (χ2v) is 5.45. The molecule has 2 saturated heterocycles. The number of hydrogen-bond donors (Lipinski definition) is 0. The molecule has 3 nitrogen and oxygen atoms in total. The molecule has 0 amide bonds. The van der Waals surface area contributed by atoms with Crippen molar-refractivity contribution in [3.63, 3.8) is 0 Å². The van der Waals surface area contributed by atoms with Gasteiger partial charge in [0.05, 0.1) is 19.3 Å². The minimum absolute atomic E-state index is 0.0227. The number of piperazine rings is 1. The van der Waals surface area contributed by atoms with Crippen LogP contribution >= 0.6 is 0 Å². The monoisotopic (exact) mass is 264 g/mol. The first-order valence-electron chi connectivity index (χ1n) is 7.02. The van der Waals surface area contributed by atoms with Crippen LogP contribution in [0.3, 0.4) is 0 Å². The number of halogens is 1. The molecule has 1 aromatic rings. The van der Waals surface area contributed by atoms with Gasteiger partial charge in [0.25, 0.3) is 0 Å². The molecule has 2 fully saturated rings. The van der Waals surface area contributed by atoms with Crippen molar-refractivity contribution < 1.29 is 9.13 Å². The minimum atomic E-state index is -0.267. The Bertz CT molecular complexity index is 400. The van der Waals surface area contributed by atoms with Crippen molar-refractivity contribution in [2.45, 2.75) is 18.6 Å². The van der Waals surface area contributed by atoms with Gasteiger partial charge in [0.2, 0.25) is 0 Å². The van der Waals surface area contributed by atoms with E-state index in [1.165, 1.54) is 5.56 Å². The van der Waals surface area contributed by atoms with Gasteiger partial charge in [0, 0.05) is 32.2 Å². The van der Waals surface area contributed by atoms with Crippen molar-refractivity contribution >= 4 is 0 Å². The molecule has 1 aromatic carbocycles. The summed E-state index contributed by atoms with van der Waals surface area (Å²) in [7, 11) is 0. The summed E-state index contributed by atoms with van der Waals surface area (Å²) in [5, 5.41) is 0. The normalized spacial score (nSPS) is 29.1. The SMILES string of the molecule is FC[C@@H]1CN2CCOCC2CN1Cc1ccccc1. The van der Waals surface area contributed by atoms with E-state index in [2.05, 4.69) is 21.9 Å². The van der Waals surface area contributed by atoms with Crippen LogP contribution in [0, 0.1) is 0 Å². The molecule has 19 heavy (non-hydrogen) atoms. The average molecular weight is 264 g/mol. The first-order chi connectivity index (χ1) is 9.36. The number of alkyl halides is 1. The zero-order chi connectivity index (χ0) is 13.1. The summed E-state index contributed by atoms with van der Waals surface area (Å²) in [6.07, 6.45) is 0. The van der Waals surface area contributed by atoms with Gasteiger partial charge in [0.1, 0.15) is 6.67 Å². The standard InChI is InChI=1S/C15H21FN2O/c16-8-14-10-17-6-7-19-12-15(17)11-18(14)9-13-4-2-1-3-5-13/h1-5,14-15H,6-12H2/t14-,15?/m1/s1. The van der Waals surface area contributed by atoms with Gasteiger partial charge in [-0.25, -0.2) is 4.39 Å². The Labute approximate surface area is 114 Å². The smallest absolute Gasteiger partial charge is 0.106 e. The number of hydrogen-bond acceptors (Lipinski definition) is 3. The molecule has 0 aliphatic carbocycles. The van der Waals surface area contributed by atoms with Crippen molar-refractivity contribution in [3.8, 4) is 0 Å². The summed E-state index contributed by atoms with van der Waals surface area (Å²) in [5.41, 5.74) is 1.26. The molecule has 0 aromatic heterocycles. The zero-order valence-electron chi connectivity index (χ0n) is 11.2. The number of ether oxygens (including phenoxy) is 1.